The summed E-state index contributed by atoms with van der Waals surface area (Å²) in [5.41, 5.74) is -2.05. The van der Waals surface area contributed by atoms with Crippen molar-refractivity contribution in [1.29, 1.82) is 0 Å². The topological polar surface area (TPSA) is 69.7 Å². The smallest absolute Gasteiger partial charge is 0.323 e. The molecule has 0 unspecified atom stereocenters. The van der Waals surface area contributed by atoms with E-state index in [-0.39, 0.29) is 25.9 Å². The third kappa shape index (κ3) is 3.25. The lowest BCUT2D eigenvalue weighted by Gasteiger charge is -2.33. The highest BCUT2D eigenvalue weighted by atomic mass is 32.2. The molecule has 2 fully saturated rings. The van der Waals surface area contributed by atoms with Crippen LogP contribution in [0.15, 0.2) is 0 Å². The average molecular weight is 329 g/mol. The highest BCUT2D eigenvalue weighted by Crippen LogP contribution is 2.53. The average Bonchev–Trinajstić information content (AvgIpc) is 3.02. The number of likely N-dealkylation sites (tertiary alicyclic amines) is 1. The van der Waals surface area contributed by atoms with E-state index < -0.39 is 33.8 Å². The Bertz CT molecular complexity index is 531. The number of carbonyl (C=O) groups is 1. The molecule has 1 heterocycles. The Morgan fingerprint density at radius 2 is 1.95 bits per heavy atom. The first-order chi connectivity index (χ1) is 9.46. The van der Waals surface area contributed by atoms with Gasteiger partial charge in [0.15, 0.2) is 0 Å². The van der Waals surface area contributed by atoms with Gasteiger partial charge in [-0.2, -0.15) is 13.2 Å². The fraction of sp³-hybridized carbons (Fsp3) is 0.909. The molecule has 0 aromatic rings. The predicted molar refractivity (Wildman–Crippen MR) is 69.1 cm³/mol. The number of nitrogens with one attached hydrogen (secondary N) is 1. The maximum Gasteiger partial charge on any atom is 0.411 e. The molecule has 21 heavy (non-hydrogen) atoms. The number of alkyl halides is 3. The van der Waals surface area contributed by atoms with E-state index in [2.05, 4.69) is 4.72 Å². The first-order valence-corrected chi connectivity index (χ1v) is 8.42. The van der Waals surface area contributed by atoms with Gasteiger partial charge in [-0.25, -0.2) is 17.9 Å². The van der Waals surface area contributed by atoms with Gasteiger partial charge in [0.2, 0.25) is 10.0 Å². The monoisotopic (exact) mass is 329 g/mol. The van der Waals surface area contributed by atoms with Gasteiger partial charge in [-0.3, -0.25) is 0 Å². The minimum absolute atomic E-state index is 0.0857. The quantitative estimate of drug-likeness (QED) is 0.831. The van der Waals surface area contributed by atoms with E-state index >= 15 is 0 Å². The van der Waals surface area contributed by atoms with Gasteiger partial charge < -0.3 is 9.80 Å². The molecule has 122 valence electrons. The molecule has 0 spiro atoms. The van der Waals surface area contributed by atoms with E-state index in [4.69, 9.17) is 0 Å². The van der Waals surface area contributed by atoms with E-state index in [9.17, 15) is 26.4 Å². The zero-order chi connectivity index (χ0) is 16.1. The second-order valence-electron chi connectivity index (χ2n) is 5.69. The van der Waals surface area contributed by atoms with Crippen molar-refractivity contribution in [2.75, 3.05) is 26.4 Å². The number of sulfonamides is 1. The highest BCUT2D eigenvalue weighted by Gasteiger charge is 2.67. The molecule has 0 radical (unpaired) electrons. The Balaban J connectivity index is 1.99. The van der Waals surface area contributed by atoms with Crippen molar-refractivity contribution < 1.29 is 26.4 Å². The predicted octanol–water partition coefficient (Wildman–Crippen LogP) is 0.757. The Kier molecular flexibility index (Phi) is 3.90. The van der Waals surface area contributed by atoms with Crippen molar-refractivity contribution in [3.05, 3.63) is 0 Å². The largest absolute Gasteiger partial charge is 0.411 e. The summed E-state index contributed by atoms with van der Waals surface area (Å²) >= 11 is 0. The Morgan fingerprint density at radius 1 is 1.38 bits per heavy atom. The van der Waals surface area contributed by atoms with E-state index in [1.54, 1.807) is 0 Å². The third-order valence-corrected chi connectivity index (χ3v) is 4.78. The summed E-state index contributed by atoms with van der Waals surface area (Å²) < 4.78 is 63.6. The van der Waals surface area contributed by atoms with E-state index in [1.165, 1.54) is 4.90 Å². The molecule has 2 aliphatic rings. The summed E-state index contributed by atoms with van der Waals surface area (Å²) in [7, 11) is -2.24. The molecule has 1 saturated carbocycles. The van der Waals surface area contributed by atoms with E-state index in [0.717, 1.165) is 18.2 Å². The molecule has 1 saturated heterocycles. The second kappa shape index (κ2) is 5.01. The highest BCUT2D eigenvalue weighted by molar-refractivity contribution is 7.88. The Hall–Kier alpha value is -1.03. The lowest BCUT2D eigenvalue weighted by Crippen LogP contribution is -2.53. The van der Waals surface area contributed by atoms with Crippen LogP contribution in [0.25, 0.3) is 0 Å². The SMILES string of the molecule is CN(C(=O)N1CC[C@H](NS(C)(=O)=O)C1)C1(C(F)(F)F)CC1. The molecule has 0 aromatic heterocycles. The molecule has 2 amide bonds. The Morgan fingerprint density at radius 3 is 2.38 bits per heavy atom. The van der Waals surface area contributed by atoms with Gasteiger partial charge >= 0.3 is 12.2 Å². The van der Waals surface area contributed by atoms with Crippen molar-refractivity contribution in [1.82, 2.24) is 14.5 Å². The minimum atomic E-state index is -4.44. The number of hydrogen-bond donors (Lipinski definition) is 1. The number of nitrogens with zero attached hydrogens (tertiary/aromatic N) is 2. The summed E-state index contributed by atoms with van der Waals surface area (Å²) in [6.07, 6.45) is -3.21. The van der Waals surface area contributed by atoms with Gasteiger partial charge in [0, 0.05) is 26.2 Å². The van der Waals surface area contributed by atoms with Crippen LogP contribution in [0, 0.1) is 0 Å². The van der Waals surface area contributed by atoms with Crippen LogP contribution in [-0.2, 0) is 10.0 Å². The lowest BCUT2D eigenvalue weighted by atomic mass is 10.2. The second-order valence-corrected chi connectivity index (χ2v) is 7.47. The summed E-state index contributed by atoms with van der Waals surface area (Å²) in [5.74, 6) is 0. The zero-order valence-corrected chi connectivity index (χ0v) is 12.6. The molecule has 0 aromatic carbocycles. The van der Waals surface area contributed by atoms with Crippen molar-refractivity contribution in [2.45, 2.75) is 37.0 Å². The first-order valence-electron chi connectivity index (χ1n) is 6.53. The van der Waals surface area contributed by atoms with E-state index in [1.807, 2.05) is 0 Å². The maximum atomic E-state index is 13.0. The first kappa shape index (κ1) is 16.3. The van der Waals surface area contributed by atoms with Gasteiger partial charge in [0.1, 0.15) is 5.54 Å². The molecule has 2 rings (SSSR count). The summed E-state index contributed by atoms with van der Waals surface area (Å²) in [6, 6.07) is -1.15. The van der Waals surface area contributed by atoms with Gasteiger partial charge in [-0.15, -0.1) is 0 Å². The Labute approximate surface area is 121 Å². The van der Waals surface area contributed by atoms with Crippen molar-refractivity contribution in [3.8, 4) is 0 Å². The van der Waals surface area contributed by atoms with Crippen LogP contribution < -0.4 is 4.72 Å². The number of rotatable bonds is 3. The minimum Gasteiger partial charge on any atom is -0.323 e. The zero-order valence-electron chi connectivity index (χ0n) is 11.8. The fourth-order valence-electron chi connectivity index (χ4n) is 2.66. The van der Waals surface area contributed by atoms with Crippen LogP contribution in [0.4, 0.5) is 18.0 Å². The van der Waals surface area contributed by atoms with Gasteiger partial charge in [-0.1, -0.05) is 0 Å². The van der Waals surface area contributed by atoms with Crippen molar-refractivity contribution in [2.24, 2.45) is 0 Å². The molecular formula is C11H18F3N3O3S. The molecule has 6 nitrogen and oxygen atoms in total. The fourth-order valence-corrected chi connectivity index (χ4v) is 3.45. The lowest BCUT2D eigenvalue weighted by molar-refractivity contribution is -0.185. The van der Waals surface area contributed by atoms with Crippen molar-refractivity contribution >= 4 is 16.1 Å². The normalized spacial score (nSPS) is 25.0. The number of halogens is 3. The number of carbonyl (C=O) groups excluding carboxylic acids is 1. The van der Waals surface area contributed by atoms with Crippen LogP contribution >= 0.6 is 0 Å². The summed E-state index contributed by atoms with van der Waals surface area (Å²) in [4.78, 5) is 14.2. The number of urea groups is 1. The van der Waals surface area contributed by atoms with Crippen LogP contribution in [0.3, 0.4) is 0 Å². The molecule has 1 aliphatic heterocycles. The van der Waals surface area contributed by atoms with Gasteiger partial charge in [0.05, 0.1) is 6.26 Å². The number of hydrogen-bond acceptors (Lipinski definition) is 3. The van der Waals surface area contributed by atoms with Crippen molar-refractivity contribution in [3.63, 3.8) is 0 Å². The van der Waals surface area contributed by atoms with Crippen LogP contribution in [0.1, 0.15) is 19.3 Å². The molecule has 1 atom stereocenters. The third-order valence-electron chi connectivity index (χ3n) is 4.02. The standard InChI is InChI=1S/C11H18F3N3O3S/c1-16(10(4-5-10)11(12,13)14)9(18)17-6-3-8(7-17)15-21(2,19)20/h8,15H,3-7H2,1-2H3/t8-/m0/s1. The summed E-state index contributed by atoms with van der Waals surface area (Å²) in [5, 5.41) is 0. The maximum absolute atomic E-state index is 13.0. The number of amides is 2. The van der Waals surface area contributed by atoms with Crippen LogP contribution in [0.2, 0.25) is 0 Å². The molecule has 1 N–H and O–H groups in total. The van der Waals surface area contributed by atoms with E-state index in [0.29, 0.717) is 6.42 Å². The molecule has 1 aliphatic carbocycles. The molecular weight excluding hydrogens is 311 g/mol. The van der Waals surface area contributed by atoms with Crippen LogP contribution in [0.5, 0.6) is 0 Å². The molecule has 10 heteroatoms. The van der Waals surface area contributed by atoms with Gasteiger partial charge in [-0.05, 0) is 19.3 Å². The van der Waals surface area contributed by atoms with Crippen LogP contribution in [-0.4, -0.2) is 68.4 Å². The molecule has 0 bridgehead atoms. The van der Waals surface area contributed by atoms with Gasteiger partial charge in [0.25, 0.3) is 0 Å². The summed E-state index contributed by atoms with van der Waals surface area (Å²) in [6.45, 7) is 0.328.